The Kier molecular flexibility index (Phi) is 5.42. The zero-order valence-corrected chi connectivity index (χ0v) is 13.9. The maximum Gasteiger partial charge on any atom is 0.301 e. The lowest BCUT2D eigenvalue weighted by Gasteiger charge is -2.19. The third-order valence-electron chi connectivity index (χ3n) is 3.18. The van der Waals surface area contributed by atoms with Gasteiger partial charge in [0.1, 0.15) is 0 Å². The van der Waals surface area contributed by atoms with E-state index < -0.39 is 10.2 Å². The van der Waals surface area contributed by atoms with Gasteiger partial charge in [0.05, 0.1) is 5.69 Å². The maximum absolute atomic E-state index is 12.2. The molecule has 1 aromatic carbocycles. The molecule has 0 spiro atoms. The standard InChI is InChI=1S/C13H20BrN3O2S/c1-17(10-4-9-15-11-7-8-11)20(18,19)16-13-6-3-2-5-12(13)14/h2-3,5-6,11,15-16H,4,7-10H2,1H3. The average Bonchev–Trinajstić information content (AvgIpc) is 3.21. The molecule has 0 heterocycles. The second-order valence-corrected chi connectivity index (χ2v) is 7.62. The molecule has 2 rings (SSSR count). The molecule has 2 N–H and O–H groups in total. The van der Waals surface area contributed by atoms with Crippen LogP contribution in [0, 0.1) is 0 Å². The Hall–Kier alpha value is -0.630. The summed E-state index contributed by atoms with van der Waals surface area (Å²) in [6.45, 7) is 1.36. The van der Waals surface area contributed by atoms with E-state index in [4.69, 9.17) is 0 Å². The van der Waals surface area contributed by atoms with Crippen LogP contribution in [0.2, 0.25) is 0 Å². The number of benzene rings is 1. The number of rotatable bonds is 8. The van der Waals surface area contributed by atoms with Crippen LogP contribution in [-0.4, -0.2) is 38.9 Å². The van der Waals surface area contributed by atoms with Crippen LogP contribution < -0.4 is 10.0 Å². The Morgan fingerprint density at radius 1 is 1.35 bits per heavy atom. The first kappa shape index (κ1) is 15.8. The Balaban J connectivity index is 1.83. The van der Waals surface area contributed by atoms with Gasteiger partial charge in [0.15, 0.2) is 0 Å². The van der Waals surface area contributed by atoms with Crippen molar-refractivity contribution in [1.82, 2.24) is 9.62 Å². The minimum absolute atomic E-state index is 0.500. The number of anilines is 1. The summed E-state index contributed by atoms with van der Waals surface area (Å²) in [6.07, 6.45) is 3.30. The third-order valence-corrected chi connectivity index (χ3v) is 5.36. The average molecular weight is 362 g/mol. The molecule has 7 heteroatoms. The summed E-state index contributed by atoms with van der Waals surface area (Å²) < 4.78 is 29.0. The molecule has 1 fully saturated rings. The van der Waals surface area contributed by atoms with Crippen LogP contribution in [0.25, 0.3) is 0 Å². The first-order chi connectivity index (χ1) is 9.49. The molecule has 112 valence electrons. The van der Waals surface area contributed by atoms with Crippen LogP contribution >= 0.6 is 15.9 Å². The zero-order chi connectivity index (χ0) is 14.6. The van der Waals surface area contributed by atoms with Crippen molar-refractivity contribution in [3.8, 4) is 0 Å². The summed E-state index contributed by atoms with van der Waals surface area (Å²) in [5.74, 6) is 0. The van der Waals surface area contributed by atoms with Gasteiger partial charge in [-0.2, -0.15) is 12.7 Å². The predicted octanol–water partition coefficient (Wildman–Crippen LogP) is 2.18. The van der Waals surface area contributed by atoms with Crippen molar-refractivity contribution in [2.45, 2.75) is 25.3 Å². The predicted molar refractivity (Wildman–Crippen MR) is 85.0 cm³/mol. The van der Waals surface area contributed by atoms with Crippen LogP contribution in [0.3, 0.4) is 0 Å². The topological polar surface area (TPSA) is 61.4 Å². The number of hydrogen-bond acceptors (Lipinski definition) is 3. The summed E-state index contributed by atoms with van der Waals surface area (Å²) in [6, 6.07) is 7.83. The van der Waals surface area contributed by atoms with Gasteiger partial charge < -0.3 is 5.32 Å². The van der Waals surface area contributed by atoms with Crippen LogP contribution in [0.15, 0.2) is 28.7 Å². The molecule has 0 unspecified atom stereocenters. The van der Waals surface area contributed by atoms with Crippen molar-refractivity contribution in [1.29, 1.82) is 0 Å². The molecule has 0 bridgehead atoms. The van der Waals surface area contributed by atoms with Crippen molar-refractivity contribution in [3.05, 3.63) is 28.7 Å². The normalized spacial score (nSPS) is 15.6. The quantitative estimate of drug-likeness (QED) is 0.697. The Labute approximate surface area is 129 Å². The minimum Gasteiger partial charge on any atom is -0.314 e. The third kappa shape index (κ3) is 4.73. The molecule has 1 aliphatic carbocycles. The second kappa shape index (κ2) is 6.89. The van der Waals surface area contributed by atoms with E-state index in [9.17, 15) is 8.42 Å². The minimum atomic E-state index is -3.50. The summed E-state index contributed by atoms with van der Waals surface area (Å²) in [5.41, 5.74) is 0.551. The van der Waals surface area contributed by atoms with Gasteiger partial charge in [-0.1, -0.05) is 12.1 Å². The van der Waals surface area contributed by atoms with Crippen molar-refractivity contribution >= 4 is 31.8 Å². The van der Waals surface area contributed by atoms with Gasteiger partial charge in [0.25, 0.3) is 0 Å². The highest BCUT2D eigenvalue weighted by molar-refractivity contribution is 9.10. The molecule has 20 heavy (non-hydrogen) atoms. The first-order valence-corrected chi connectivity index (χ1v) is 8.94. The summed E-state index contributed by atoms with van der Waals surface area (Å²) in [5, 5.41) is 3.37. The van der Waals surface area contributed by atoms with E-state index in [0.717, 1.165) is 17.4 Å². The maximum atomic E-state index is 12.2. The van der Waals surface area contributed by atoms with E-state index in [1.807, 2.05) is 6.07 Å². The van der Waals surface area contributed by atoms with E-state index in [-0.39, 0.29) is 0 Å². The fraction of sp³-hybridized carbons (Fsp3) is 0.538. The molecule has 0 radical (unpaired) electrons. The zero-order valence-electron chi connectivity index (χ0n) is 11.5. The lowest BCUT2D eigenvalue weighted by atomic mass is 10.3. The Morgan fingerprint density at radius 3 is 2.70 bits per heavy atom. The summed E-state index contributed by atoms with van der Waals surface area (Å²) >= 11 is 3.33. The van der Waals surface area contributed by atoms with E-state index >= 15 is 0 Å². The molecule has 0 saturated heterocycles. The molecular formula is C13H20BrN3O2S. The van der Waals surface area contributed by atoms with Crippen molar-refractivity contribution in [2.75, 3.05) is 24.9 Å². The molecule has 5 nitrogen and oxygen atoms in total. The number of halogens is 1. The van der Waals surface area contributed by atoms with Gasteiger partial charge in [-0.3, -0.25) is 4.72 Å². The number of hydrogen-bond donors (Lipinski definition) is 2. The lowest BCUT2D eigenvalue weighted by Crippen LogP contribution is -2.34. The van der Waals surface area contributed by atoms with E-state index in [1.165, 1.54) is 17.1 Å². The fourth-order valence-electron chi connectivity index (χ4n) is 1.78. The molecular weight excluding hydrogens is 342 g/mol. The lowest BCUT2D eigenvalue weighted by molar-refractivity contribution is 0.458. The van der Waals surface area contributed by atoms with Gasteiger partial charge >= 0.3 is 10.2 Å². The van der Waals surface area contributed by atoms with Gasteiger partial charge in [-0.15, -0.1) is 0 Å². The monoisotopic (exact) mass is 361 g/mol. The van der Waals surface area contributed by atoms with E-state index in [2.05, 4.69) is 26.0 Å². The number of nitrogens with zero attached hydrogens (tertiary/aromatic N) is 1. The highest BCUT2D eigenvalue weighted by Crippen LogP contribution is 2.23. The number of nitrogens with one attached hydrogen (secondary N) is 2. The molecule has 0 aliphatic heterocycles. The Morgan fingerprint density at radius 2 is 2.05 bits per heavy atom. The fourth-order valence-corrected chi connectivity index (χ4v) is 3.27. The summed E-state index contributed by atoms with van der Waals surface area (Å²) in [7, 11) is -1.90. The molecule has 1 aromatic rings. The first-order valence-electron chi connectivity index (χ1n) is 6.71. The van der Waals surface area contributed by atoms with Gasteiger partial charge in [0, 0.05) is 24.1 Å². The highest BCUT2D eigenvalue weighted by Gasteiger charge is 2.21. The largest absolute Gasteiger partial charge is 0.314 e. The van der Waals surface area contributed by atoms with Crippen LogP contribution in [-0.2, 0) is 10.2 Å². The molecule has 1 saturated carbocycles. The van der Waals surface area contributed by atoms with Gasteiger partial charge in [-0.05, 0) is 53.9 Å². The second-order valence-electron chi connectivity index (χ2n) is 4.99. The Bertz CT molecular complexity index is 546. The molecule has 0 atom stereocenters. The van der Waals surface area contributed by atoms with Crippen molar-refractivity contribution in [2.24, 2.45) is 0 Å². The smallest absolute Gasteiger partial charge is 0.301 e. The van der Waals surface area contributed by atoms with Crippen molar-refractivity contribution < 1.29 is 8.42 Å². The van der Waals surface area contributed by atoms with E-state index in [1.54, 1.807) is 25.2 Å². The van der Waals surface area contributed by atoms with Gasteiger partial charge in [0.2, 0.25) is 0 Å². The molecule has 1 aliphatic rings. The molecule has 0 aromatic heterocycles. The molecule has 0 amide bonds. The van der Waals surface area contributed by atoms with Gasteiger partial charge in [-0.25, -0.2) is 0 Å². The summed E-state index contributed by atoms with van der Waals surface area (Å²) in [4.78, 5) is 0. The van der Waals surface area contributed by atoms with Crippen molar-refractivity contribution in [3.63, 3.8) is 0 Å². The van der Waals surface area contributed by atoms with Crippen LogP contribution in [0.4, 0.5) is 5.69 Å². The van der Waals surface area contributed by atoms with Crippen LogP contribution in [0.5, 0.6) is 0 Å². The number of para-hydroxylation sites is 1. The SMILES string of the molecule is CN(CCCNC1CC1)S(=O)(=O)Nc1ccccc1Br. The van der Waals surface area contributed by atoms with E-state index in [0.29, 0.717) is 18.3 Å². The van der Waals surface area contributed by atoms with Crippen LogP contribution in [0.1, 0.15) is 19.3 Å². The highest BCUT2D eigenvalue weighted by atomic mass is 79.9.